The van der Waals surface area contributed by atoms with Crippen LogP contribution in [0.15, 0.2) is 24.3 Å². The lowest BCUT2D eigenvalue weighted by Crippen LogP contribution is -2.32. The molecule has 0 saturated heterocycles. The van der Waals surface area contributed by atoms with Gasteiger partial charge in [0.25, 0.3) is 11.8 Å². The molecule has 7 nitrogen and oxygen atoms in total. The van der Waals surface area contributed by atoms with E-state index in [9.17, 15) is 29.4 Å². The van der Waals surface area contributed by atoms with Gasteiger partial charge in [-0.2, -0.15) is 0 Å². The number of carboxylic acid groups (broad SMARTS) is 2. The summed E-state index contributed by atoms with van der Waals surface area (Å²) in [7, 11) is 0. The van der Waals surface area contributed by atoms with Gasteiger partial charge < -0.3 is 10.2 Å². The maximum absolute atomic E-state index is 12.8. The molecular weight excluding hydrogens is 683 g/mol. The lowest BCUT2D eigenvalue weighted by molar-refractivity contribution is 0.0691. The average Bonchev–Trinajstić information content (AvgIpc) is 2.80. The quantitative estimate of drug-likeness (QED) is 0.376. The Hall–Kier alpha value is -1.29. The molecule has 26 heavy (non-hydrogen) atoms. The highest BCUT2D eigenvalue weighted by Gasteiger charge is 2.41. The van der Waals surface area contributed by atoms with E-state index in [1.807, 2.05) is 0 Å². The summed E-state index contributed by atoms with van der Waals surface area (Å²) in [5, 5.41) is 19.0. The molecule has 1 heterocycles. The molecule has 0 bridgehead atoms. The van der Waals surface area contributed by atoms with E-state index in [1.54, 1.807) is 79.9 Å². The van der Waals surface area contributed by atoms with Crippen LogP contribution in [0, 0.1) is 10.7 Å². The first-order valence-corrected chi connectivity index (χ1v) is 10.1. The lowest BCUT2D eigenvalue weighted by atomic mass is 10.1. The number of rotatable bonds is 3. The minimum atomic E-state index is -1.34. The van der Waals surface area contributed by atoms with E-state index in [-0.39, 0.29) is 38.7 Å². The Morgan fingerprint density at radius 2 is 1.15 bits per heavy atom. The number of hydrogen-bond donors (Lipinski definition) is 2. The normalized spacial score (nSPS) is 13.1. The van der Waals surface area contributed by atoms with Crippen LogP contribution >= 0.6 is 67.8 Å². The molecule has 2 aromatic rings. The molecule has 0 aromatic heterocycles. The standard InChI is InChI=1S/C16H6I3NO6/c17-9-7(15(23)24)10(18)12(11(19)8(9)16(25)26)20-13(21)5-3-1-2-4-6(5)14(20)22/h1-4H,(H,23,24)(H,25,26). The van der Waals surface area contributed by atoms with Gasteiger partial charge in [-0.05, 0) is 79.9 Å². The smallest absolute Gasteiger partial charge is 0.337 e. The Labute approximate surface area is 187 Å². The second kappa shape index (κ2) is 7.03. The van der Waals surface area contributed by atoms with Gasteiger partial charge in [-0.15, -0.1) is 0 Å². The van der Waals surface area contributed by atoms with Crippen molar-refractivity contribution >= 4 is 97.2 Å². The van der Waals surface area contributed by atoms with Crippen LogP contribution < -0.4 is 4.90 Å². The number of nitrogens with zero attached hydrogens (tertiary/aromatic N) is 1. The van der Waals surface area contributed by atoms with Gasteiger partial charge in [-0.1, -0.05) is 12.1 Å². The summed E-state index contributed by atoms with van der Waals surface area (Å²) in [6.45, 7) is 0. The Kier molecular flexibility index (Phi) is 5.26. The third-order valence-corrected chi connectivity index (χ3v) is 6.92. The molecule has 2 N–H and O–H groups in total. The molecule has 0 radical (unpaired) electrons. The molecule has 0 atom stereocenters. The molecule has 0 unspecified atom stereocenters. The van der Waals surface area contributed by atoms with E-state index in [0.29, 0.717) is 0 Å². The maximum Gasteiger partial charge on any atom is 0.337 e. The van der Waals surface area contributed by atoms with Crippen molar-refractivity contribution in [3.8, 4) is 0 Å². The summed E-state index contributed by atoms with van der Waals surface area (Å²) >= 11 is 5.11. The van der Waals surface area contributed by atoms with Crippen molar-refractivity contribution in [2.24, 2.45) is 0 Å². The monoisotopic (exact) mass is 689 g/mol. The molecule has 1 aliphatic heterocycles. The van der Waals surface area contributed by atoms with Crippen molar-refractivity contribution < 1.29 is 29.4 Å². The Balaban J connectivity index is 2.37. The third-order valence-electron chi connectivity index (χ3n) is 3.74. The first-order chi connectivity index (χ1) is 12.2. The minimum Gasteiger partial charge on any atom is -0.478 e. The minimum absolute atomic E-state index is 0.0207. The average molecular weight is 689 g/mol. The van der Waals surface area contributed by atoms with Crippen molar-refractivity contribution in [2.45, 2.75) is 0 Å². The molecule has 0 spiro atoms. The molecule has 10 heteroatoms. The zero-order valence-electron chi connectivity index (χ0n) is 12.4. The molecule has 0 aliphatic carbocycles. The largest absolute Gasteiger partial charge is 0.478 e. The predicted octanol–water partition coefficient (Wildman–Crippen LogP) is 3.70. The first kappa shape index (κ1) is 19.5. The second-order valence-electron chi connectivity index (χ2n) is 5.14. The maximum atomic E-state index is 12.8. The van der Waals surface area contributed by atoms with Gasteiger partial charge >= 0.3 is 11.9 Å². The number of amides is 2. The number of benzene rings is 2. The van der Waals surface area contributed by atoms with E-state index in [4.69, 9.17) is 0 Å². The highest BCUT2D eigenvalue weighted by Crippen LogP contribution is 2.40. The highest BCUT2D eigenvalue weighted by atomic mass is 127. The lowest BCUT2D eigenvalue weighted by Gasteiger charge is -2.21. The fraction of sp³-hybridized carbons (Fsp3) is 0. The Morgan fingerprint density at radius 3 is 1.50 bits per heavy atom. The SMILES string of the molecule is O=C(O)c1c(I)c(C(=O)O)c(I)c(N2C(=O)c3ccccc3C2=O)c1I. The Morgan fingerprint density at radius 1 is 0.769 bits per heavy atom. The zero-order chi connectivity index (χ0) is 19.3. The van der Waals surface area contributed by atoms with E-state index >= 15 is 0 Å². The van der Waals surface area contributed by atoms with Crippen LogP contribution in [0.25, 0.3) is 0 Å². The number of imide groups is 1. The van der Waals surface area contributed by atoms with Gasteiger partial charge in [-0.25, -0.2) is 14.5 Å². The summed E-state index contributed by atoms with van der Waals surface area (Å²) in [6, 6.07) is 6.22. The fourth-order valence-corrected chi connectivity index (χ4v) is 7.19. The van der Waals surface area contributed by atoms with Crippen LogP contribution in [-0.4, -0.2) is 34.0 Å². The number of carboxylic acids is 2. The number of carbonyl (C=O) groups excluding carboxylic acids is 2. The van der Waals surface area contributed by atoms with Crippen molar-refractivity contribution in [3.63, 3.8) is 0 Å². The van der Waals surface area contributed by atoms with Crippen LogP contribution in [0.1, 0.15) is 41.4 Å². The van der Waals surface area contributed by atoms with E-state index < -0.39 is 23.8 Å². The van der Waals surface area contributed by atoms with Gasteiger partial charge in [0.2, 0.25) is 0 Å². The highest BCUT2D eigenvalue weighted by molar-refractivity contribution is 14.1. The molecule has 1 aliphatic rings. The number of anilines is 1. The molecule has 0 saturated carbocycles. The van der Waals surface area contributed by atoms with Crippen LogP contribution in [0.5, 0.6) is 0 Å². The second-order valence-corrected chi connectivity index (χ2v) is 8.38. The van der Waals surface area contributed by atoms with Crippen molar-refractivity contribution in [2.75, 3.05) is 4.90 Å². The van der Waals surface area contributed by atoms with Gasteiger partial charge in [0, 0.05) is 3.57 Å². The van der Waals surface area contributed by atoms with E-state index in [0.717, 1.165) is 4.90 Å². The third kappa shape index (κ3) is 2.81. The number of carbonyl (C=O) groups is 4. The molecule has 3 rings (SSSR count). The number of aromatic carboxylic acids is 2. The first-order valence-electron chi connectivity index (χ1n) is 6.83. The predicted molar refractivity (Wildman–Crippen MR) is 116 cm³/mol. The Bertz CT molecular complexity index is 957. The zero-order valence-corrected chi connectivity index (χ0v) is 18.9. The fourth-order valence-electron chi connectivity index (χ4n) is 2.62. The molecule has 132 valence electrons. The van der Waals surface area contributed by atoms with Gasteiger partial charge in [0.15, 0.2) is 0 Å². The van der Waals surface area contributed by atoms with Crippen LogP contribution in [0.4, 0.5) is 5.69 Å². The van der Waals surface area contributed by atoms with Crippen LogP contribution in [0.2, 0.25) is 0 Å². The summed E-state index contributed by atoms with van der Waals surface area (Å²) in [5.41, 5.74) is -0.147. The summed E-state index contributed by atoms with van der Waals surface area (Å²) in [5.74, 6) is -3.91. The molecule has 0 fully saturated rings. The number of fused-ring (bicyclic) bond motifs is 1. The van der Waals surface area contributed by atoms with Crippen LogP contribution in [0.3, 0.4) is 0 Å². The summed E-state index contributed by atoms with van der Waals surface area (Å²) in [4.78, 5) is 49.7. The summed E-state index contributed by atoms with van der Waals surface area (Å²) in [6.07, 6.45) is 0. The van der Waals surface area contributed by atoms with Crippen molar-refractivity contribution in [1.29, 1.82) is 0 Å². The number of halogens is 3. The van der Waals surface area contributed by atoms with Crippen molar-refractivity contribution in [1.82, 2.24) is 0 Å². The molecular formula is C16H6I3NO6. The number of hydrogen-bond acceptors (Lipinski definition) is 4. The van der Waals surface area contributed by atoms with E-state index in [1.165, 1.54) is 12.1 Å². The van der Waals surface area contributed by atoms with E-state index in [2.05, 4.69) is 0 Å². The summed E-state index contributed by atoms with van der Waals surface area (Å²) < 4.78 is 0.295. The molecule has 2 amide bonds. The van der Waals surface area contributed by atoms with Crippen molar-refractivity contribution in [3.05, 3.63) is 57.2 Å². The van der Waals surface area contributed by atoms with Crippen LogP contribution in [-0.2, 0) is 0 Å². The van der Waals surface area contributed by atoms with Gasteiger partial charge in [0.1, 0.15) is 0 Å². The van der Waals surface area contributed by atoms with Gasteiger partial charge in [-0.3, -0.25) is 9.59 Å². The molecule has 2 aromatic carbocycles. The van der Waals surface area contributed by atoms with Gasteiger partial charge in [0.05, 0.1) is 35.1 Å². The topological polar surface area (TPSA) is 112 Å².